The molecule has 0 aliphatic heterocycles. The molecular formula is C14H18FNO5. The van der Waals surface area contributed by atoms with Crippen LogP contribution in [-0.4, -0.2) is 35.4 Å². The molecular weight excluding hydrogens is 281 g/mol. The normalized spacial score (nSPS) is 12.4. The quantitative estimate of drug-likeness (QED) is 0.870. The average molecular weight is 299 g/mol. The van der Waals surface area contributed by atoms with E-state index in [1.165, 1.54) is 18.2 Å². The van der Waals surface area contributed by atoms with Crippen molar-refractivity contribution < 1.29 is 28.6 Å². The summed E-state index contributed by atoms with van der Waals surface area (Å²) in [6.45, 7) is 4.53. The van der Waals surface area contributed by atoms with Gasteiger partial charge in [0.2, 0.25) is 0 Å². The topological polar surface area (TPSA) is 84.9 Å². The Kier molecular flexibility index (Phi) is 5.52. The summed E-state index contributed by atoms with van der Waals surface area (Å²) < 4.78 is 23.4. The van der Waals surface area contributed by atoms with Gasteiger partial charge in [-0.25, -0.2) is 14.0 Å². The summed E-state index contributed by atoms with van der Waals surface area (Å²) in [4.78, 5) is 22.6. The van der Waals surface area contributed by atoms with Crippen molar-refractivity contribution in [3.8, 4) is 5.75 Å². The van der Waals surface area contributed by atoms with Crippen molar-refractivity contribution in [2.75, 3.05) is 6.61 Å². The number of carboxylic acid groups (broad SMARTS) is 1. The maximum atomic E-state index is 13.3. The van der Waals surface area contributed by atoms with E-state index < -0.39 is 36.1 Å². The van der Waals surface area contributed by atoms with Gasteiger partial charge in [0.25, 0.3) is 0 Å². The fourth-order valence-electron chi connectivity index (χ4n) is 1.36. The monoisotopic (exact) mass is 299 g/mol. The van der Waals surface area contributed by atoms with Crippen LogP contribution in [-0.2, 0) is 9.53 Å². The molecule has 0 unspecified atom stereocenters. The van der Waals surface area contributed by atoms with E-state index in [0.29, 0.717) is 0 Å². The maximum Gasteiger partial charge on any atom is 0.408 e. The predicted octanol–water partition coefficient (Wildman–Crippen LogP) is 2.18. The van der Waals surface area contributed by atoms with Crippen molar-refractivity contribution >= 4 is 12.1 Å². The Balaban J connectivity index is 2.61. The summed E-state index contributed by atoms with van der Waals surface area (Å²) in [5.74, 6) is -2.01. The number of alkyl carbamates (subject to hydrolysis) is 1. The average Bonchev–Trinajstić information content (AvgIpc) is 2.33. The van der Waals surface area contributed by atoms with Gasteiger partial charge in [0.15, 0.2) is 17.6 Å². The first-order valence-electron chi connectivity index (χ1n) is 6.28. The molecule has 0 bridgehead atoms. The van der Waals surface area contributed by atoms with Gasteiger partial charge in [-0.3, -0.25) is 0 Å². The minimum atomic E-state index is -1.35. The van der Waals surface area contributed by atoms with E-state index in [1.807, 2.05) is 0 Å². The second-order valence-electron chi connectivity index (χ2n) is 5.28. The van der Waals surface area contributed by atoms with Gasteiger partial charge in [-0.1, -0.05) is 12.1 Å². The van der Waals surface area contributed by atoms with Gasteiger partial charge in [0.05, 0.1) is 0 Å². The summed E-state index contributed by atoms with van der Waals surface area (Å²) in [6, 6.07) is 4.24. The molecule has 116 valence electrons. The number of carboxylic acids is 1. The highest BCUT2D eigenvalue weighted by Gasteiger charge is 2.24. The van der Waals surface area contributed by atoms with E-state index in [2.05, 4.69) is 5.32 Å². The fraction of sp³-hybridized carbons (Fsp3) is 0.429. The van der Waals surface area contributed by atoms with Gasteiger partial charge >= 0.3 is 12.1 Å². The Labute approximate surface area is 121 Å². The second kappa shape index (κ2) is 6.92. The number of carbonyl (C=O) groups is 2. The van der Waals surface area contributed by atoms with Crippen molar-refractivity contribution in [2.24, 2.45) is 0 Å². The fourth-order valence-corrected chi connectivity index (χ4v) is 1.36. The Morgan fingerprint density at radius 3 is 2.48 bits per heavy atom. The molecule has 21 heavy (non-hydrogen) atoms. The molecule has 0 aliphatic rings. The van der Waals surface area contributed by atoms with Crippen LogP contribution in [0.5, 0.6) is 5.75 Å². The van der Waals surface area contributed by atoms with Crippen molar-refractivity contribution in [3.63, 3.8) is 0 Å². The number of hydrogen-bond acceptors (Lipinski definition) is 4. The third-order valence-electron chi connectivity index (χ3n) is 2.23. The van der Waals surface area contributed by atoms with Crippen LogP contribution in [0.2, 0.25) is 0 Å². The predicted molar refractivity (Wildman–Crippen MR) is 72.7 cm³/mol. The van der Waals surface area contributed by atoms with Crippen LogP contribution in [0.3, 0.4) is 0 Å². The third kappa shape index (κ3) is 6.11. The summed E-state index contributed by atoms with van der Waals surface area (Å²) >= 11 is 0. The maximum absolute atomic E-state index is 13.3. The zero-order valence-electron chi connectivity index (χ0n) is 12.1. The highest BCUT2D eigenvalue weighted by atomic mass is 19.1. The van der Waals surface area contributed by atoms with Crippen molar-refractivity contribution in [1.82, 2.24) is 5.32 Å². The van der Waals surface area contributed by atoms with Crippen molar-refractivity contribution in [2.45, 2.75) is 32.4 Å². The van der Waals surface area contributed by atoms with E-state index >= 15 is 0 Å². The van der Waals surface area contributed by atoms with Crippen LogP contribution in [0.15, 0.2) is 24.3 Å². The second-order valence-corrected chi connectivity index (χ2v) is 5.28. The van der Waals surface area contributed by atoms with Gasteiger partial charge in [-0.2, -0.15) is 0 Å². The Morgan fingerprint density at radius 2 is 1.95 bits per heavy atom. The first-order chi connectivity index (χ1) is 9.69. The zero-order chi connectivity index (χ0) is 16.0. The molecule has 0 aromatic heterocycles. The SMILES string of the molecule is CC(C)(C)OC(=O)N[C@@H](COc1ccccc1F)C(=O)O. The van der Waals surface area contributed by atoms with E-state index in [4.69, 9.17) is 14.6 Å². The lowest BCUT2D eigenvalue weighted by Gasteiger charge is -2.22. The molecule has 1 aromatic rings. The number of ether oxygens (including phenoxy) is 2. The first kappa shape index (κ1) is 16.7. The van der Waals surface area contributed by atoms with Crippen LogP contribution in [0.25, 0.3) is 0 Å². The lowest BCUT2D eigenvalue weighted by atomic mass is 10.2. The molecule has 0 radical (unpaired) electrons. The van der Waals surface area contributed by atoms with Crippen LogP contribution >= 0.6 is 0 Å². The summed E-state index contributed by atoms with van der Waals surface area (Å²) in [7, 11) is 0. The minimum Gasteiger partial charge on any atom is -0.488 e. The van der Waals surface area contributed by atoms with Crippen LogP contribution in [0.4, 0.5) is 9.18 Å². The Hall–Kier alpha value is -2.31. The number of amides is 1. The van der Waals surface area contributed by atoms with E-state index in [0.717, 1.165) is 0 Å². The number of hydrogen-bond donors (Lipinski definition) is 2. The standard InChI is InChI=1S/C14H18FNO5/c1-14(2,3)21-13(19)16-10(12(17)18)8-20-11-7-5-4-6-9(11)15/h4-7,10H,8H2,1-3H3,(H,16,19)(H,17,18)/t10-/m0/s1. The number of halogens is 1. The molecule has 2 N–H and O–H groups in total. The summed E-state index contributed by atoms with van der Waals surface area (Å²) in [5.41, 5.74) is -0.750. The largest absolute Gasteiger partial charge is 0.488 e. The van der Waals surface area contributed by atoms with Gasteiger partial charge in [-0.15, -0.1) is 0 Å². The van der Waals surface area contributed by atoms with Gasteiger partial charge in [-0.05, 0) is 32.9 Å². The molecule has 7 heteroatoms. The van der Waals surface area contributed by atoms with Gasteiger partial charge in [0.1, 0.15) is 12.2 Å². The minimum absolute atomic E-state index is 0.0882. The van der Waals surface area contributed by atoms with Crippen LogP contribution < -0.4 is 10.1 Å². The third-order valence-corrected chi connectivity index (χ3v) is 2.23. The summed E-state index contributed by atoms with van der Waals surface area (Å²) in [6.07, 6.45) is -0.882. The molecule has 0 fully saturated rings. The lowest BCUT2D eigenvalue weighted by molar-refractivity contribution is -0.140. The summed E-state index contributed by atoms with van der Waals surface area (Å²) in [5, 5.41) is 11.2. The highest BCUT2D eigenvalue weighted by molar-refractivity contribution is 5.80. The number of benzene rings is 1. The van der Waals surface area contributed by atoms with Gasteiger partial charge in [0, 0.05) is 0 Å². The van der Waals surface area contributed by atoms with Gasteiger partial charge < -0.3 is 19.9 Å². The number of nitrogens with one attached hydrogen (secondary N) is 1. The molecule has 0 heterocycles. The Morgan fingerprint density at radius 1 is 1.33 bits per heavy atom. The molecule has 0 spiro atoms. The molecule has 1 aromatic carbocycles. The van der Waals surface area contributed by atoms with Crippen LogP contribution in [0.1, 0.15) is 20.8 Å². The molecule has 0 saturated carbocycles. The highest BCUT2D eigenvalue weighted by Crippen LogP contribution is 2.15. The van der Waals surface area contributed by atoms with Crippen LogP contribution in [0, 0.1) is 5.82 Å². The molecule has 0 saturated heterocycles. The first-order valence-corrected chi connectivity index (χ1v) is 6.28. The molecule has 1 atom stereocenters. The number of para-hydroxylation sites is 1. The molecule has 6 nitrogen and oxygen atoms in total. The van der Waals surface area contributed by atoms with Crippen molar-refractivity contribution in [3.05, 3.63) is 30.1 Å². The van der Waals surface area contributed by atoms with E-state index in [1.54, 1.807) is 26.8 Å². The number of aliphatic carboxylic acids is 1. The van der Waals surface area contributed by atoms with E-state index in [9.17, 15) is 14.0 Å². The Bertz CT molecular complexity index is 512. The van der Waals surface area contributed by atoms with E-state index in [-0.39, 0.29) is 5.75 Å². The zero-order valence-corrected chi connectivity index (χ0v) is 12.1. The smallest absolute Gasteiger partial charge is 0.408 e. The van der Waals surface area contributed by atoms with Crippen molar-refractivity contribution in [1.29, 1.82) is 0 Å². The molecule has 1 amide bonds. The number of rotatable bonds is 5. The lowest BCUT2D eigenvalue weighted by Crippen LogP contribution is -2.46. The molecule has 0 aliphatic carbocycles. The molecule has 1 rings (SSSR count). The number of carbonyl (C=O) groups excluding carboxylic acids is 1.